The molecule has 1 aromatic rings. The predicted octanol–water partition coefficient (Wildman–Crippen LogP) is 3.21. The Balaban J connectivity index is 2.53. The van der Waals surface area contributed by atoms with E-state index < -0.39 is 0 Å². The monoisotopic (exact) mass is 287 g/mol. The first-order valence-corrected chi connectivity index (χ1v) is 6.67. The van der Waals surface area contributed by atoms with Crippen molar-refractivity contribution in [1.29, 1.82) is 0 Å². The van der Waals surface area contributed by atoms with Crippen LogP contribution in [0, 0.1) is 5.41 Å². The molecule has 1 amide bonds. The van der Waals surface area contributed by atoms with Gasteiger partial charge in [0.1, 0.15) is 0 Å². The summed E-state index contributed by atoms with van der Waals surface area (Å²) in [6.07, 6.45) is 3.58. The van der Waals surface area contributed by atoms with Gasteiger partial charge in [-0.05, 0) is 30.4 Å². The predicted molar refractivity (Wildman–Crippen MR) is 67.9 cm³/mol. The molecule has 16 heavy (non-hydrogen) atoms. The third-order valence-corrected chi connectivity index (χ3v) is 4.34. The average Bonchev–Trinajstić information content (AvgIpc) is 2.85. The largest absolute Gasteiger partial charge is 0.459 e. The third-order valence-electron chi connectivity index (χ3n) is 3.15. The molecular weight excluding hydrogens is 270 g/mol. The van der Waals surface area contributed by atoms with Crippen molar-refractivity contribution >= 4 is 21.8 Å². The summed E-state index contributed by atoms with van der Waals surface area (Å²) >= 11 is 3.52. The summed E-state index contributed by atoms with van der Waals surface area (Å²) < 4.78 is 5.04. The maximum absolute atomic E-state index is 11.7. The molecule has 0 aliphatic carbocycles. The van der Waals surface area contributed by atoms with Gasteiger partial charge >= 0.3 is 0 Å². The molecule has 0 saturated heterocycles. The number of amides is 1. The quantitative estimate of drug-likeness (QED) is 0.817. The van der Waals surface area contributed by atoms with Gasteiger partial charge in [-0.15, -0.1) is 0 Å². The normalized spacial score (nSPS) is 11.4. The Morgan fingerprint density at radius 3 is 2.62 bits per heavy atom. The van der Waals surface area contributed by atoms with Crippen molar-refractivity contribution in [1.82, 2.24) is 5.32 Å². The van der Waals surface area contributed by atoms with Crippen LogP contribution in [0.25, 0.3) is 0 Å². The lowest BCUT2D eigenvalue weighted by Crippen LogP contribution is -2.38. The molecule has 1 aromatic heterocycles. The smallest absolute Gasteiger partial charge is 0.286 e. The van der Waals surface area contributed by atoms with Gasteiger partial charge in [0.25, 0.3) is 5.91 Å². The van der Waals surface area contributed by atoms with E-state index in [4.69, 9.17) is 4.42 Å². The number of carbonyl (C=O) groups excluding carboxylic acids is 1. The zero-order chi connectivity index (χ0) is 12.0. The zero-order valence-corrected chi connectivity index (χ0v) is 11.3. The first-order chi connectivity index (χ1) is 7.67. The van der Waals surface area contributed by atoms with Crippen molar-refractivity contribution in [3.63, 3.8) is 0 Å². The van der Waals surface area contributed by atoms with Crippen LogP contribution in [0.15, 0.2) is 22.8 Å². The molecule has 90 valence electrons. The number of carbonyl (C=O) groups is 1. The van der Waals surface area contributed by atoms with Crippen molar-refractivity contribution in [2.75, 3.05) is 11.9 Å². The number of alkyl halides is 1. The molecule has 0 unspecified atom stereocenters. The van der Waals surface area contributed by atoms with Gasteiger partial charge in [-0.1, -0.05) is 29.8 Å². The van der Waals surface area contributed by atoms with Crippen LogP contribution in [0.1, 0.15) is 37.2 Å². The van der Waals surface area contributed by atoms with Crippen LogP contribution in [-0.2, 0) is 0 Å². The minimum atomic E-state index is -0.141. The molecule has 1 rings (SSSR count). The highest BCUT2D eigenvalue weighted by Crippen LogP contribution is 2.27. The maximum atomic E-state index is 11.7. The number of rotatable bonds is 6. The fourth-order valence-electron chi connectivity index (χ4n) is 1.50. The maximum Gasteiger partial charge on any atom is 0.286 e. The van der Waals surface area contributed by atoms with Gasteiger partial charge < -0.3 is 9.73 Å². The molecule has 0 aliphatic rings. The van der Waals surface area contributed by atoms with E-state index >= 15 is 0 Å². The highest BCUT2D eigenvalue weighted by Gasteiger charge is 2.25. The average molecular weight is 288 g/mol. The van der Waals surface area contributed by atoms with E-state index in [0.29, 0.717) is 12.3 Å². The Bertz CT molecular complexity index is 310. The van der Waals surface area contributed by atoms with Crippen LogP contribution in [0.3, 0.4) is 0 Å². The van der Waals surface area contributed by atoms with Gasteiger partial charge in [0.05, 0.1) is 6.26 Å². The van der Waals surface area contributed by atoms with Crippen LogP contribution in [0.4, 0.5) is 0 Å². The van der Waals surface area contributed by atoms with E-state index in [-0.39, 0.29) is 11.3 Å². The van der Waals surface area contributed by atoms with Crippen molar-refractivity contribution in [3.8, 4) is 0 Å². The molecule has 0 aromatic carbocycles. The second kappa shape index (κ2) is 6.09. The molecule has 4 heteroatoms. The molecule has 0 bridgehead atoms. The van der Waals surface area contributed by atoms with Crippen molar-refractivity contribution in [3.05, 3.63) is 24.2 Å². The molecule has 0 aliphatic heterocycles. The topological polar surface area (TPSA) is 42.2 Å². The Hall–Kier alpha value is -0.770. The molecule has 1 N–H and O–H groups in total. The number of hydrogen-bond donors (Lipinski definition) is 1. The summed E-state index contributed by atoms with van der Waals surface area (Å²) in [7, 11) is 0. The van der Waals surface area contributed by atoms with Crippen LogP contribution in [0.5, 0.6) is 0 Å². The number of furan rings is 1. The number of halogens is 1. The van der Waals surface area contributed by atoms with Crippen LogP contribution >= 0.6 is 15.9 Å². The first-order valence-electron chi connectivity index (χ1n) is 5.55. The summed E-state index contributed by atoms with van der Waals surface area (Å²) in [5.41, 5.74) is 0.141. The third kappa shape index (κ3) is 3.11. The molecule has 0 saturated carbocycles. The summed E-state index contributed by atoms with van der Waals surface area (Å²) in [6.45, 7) is 4.96. The second-order valence-electron chi connectivity index (χ2n) is 4.00. The lowest BCUT2D eigenvalue weighted by atomic mass is 9.84. The lowest BCUT2D eigenvalue weighted by Gasteiger charge is -2.29. The molecule has 0 fully saturated rings. The zero-order valence-electron chi connectivity index (χ0n) is 9.75. The first kappa shape index (κ1) is 13.3. The minimum absolute atomic E-state index is 0.141. The van der Waals surface area contributed by atoms with Crippen LogP contribution in [-0.4, -0.2) is 17.8 Å². The molecule has 1 heterocycles. The van der Waals surface area contributed by atoms with Gasteiger partial charge in [-0.25, -0.2) is 0 Å². The number of nitrogens with one attached hydrogen (secondary N) is 1. The van der Waals surface area contributed by atoms with E-state index in [1.54, 1.807) is 12.1 Å². The standard InChI is InChI=1S/C12H18BrNO2/c1-3-12(4-2,8-13)9-14-11(15)10-6-5-7-16-10/h5-7H,3-4,8-9H2,1-2H3,(H,14,15). The summed E-state index contributed by atoms with van der Waals surface area (Å²) in [6, 6.07) is 3.38. The van der Waals surface area contributed by atoms with E-state index in [1.165, 1.54) is 6.26 Å². The SMILES string of the molecule is CCC(CC)(CBr)CNC(=O)c1ccco1. The van der Waals surface area contributed by atoms with Crippen LogP contribution in [0.2, 0.25) is 0 Å². The fourth-order valence-corrected chi connectivity index (χ4v) is 2.49. The lowest BCUT2D eigenvalue weighted by molar-refractivity contribution is 0.0904. The summed E-state index contributed by atoms with van der Waals surface area (Å²) in [5.74, 6) is 0.230. The number of hydrogen-bond acceptors (Lipinski definition) is 2. The Labute approximate surface area is 105 Å². The highest BCUT2D eigenvalue weighted by molar-refractivity contribution is 9.09. The van der Waals surface area contributed by atoms with Crippen molar-refractivity contribution < 1.29 is 9.21 Å². The van der Waals surface area contributed by atoms with Gasteiger partial charge in [-0.3, -0.25) is 4.79 Å². The Morgan fingerprint density at radius 2 is 2.19 bits per heavy atom. The minimum Gasteiger partial charge on any atom is -0.459 e. The van der Waals surface area contributed by atoms with Crippen molar-refractivity contribution in [2.24, 2.45) is 5.41 Å². The summed E-state index contributed by atoms with van der Waals surface area (Å²) in [5, 5.41) is 3.81. The Kier molecular flexibility index (Phi) is 5.06. The molecule has 0 spiro atoms. The van der Waals surface area contributed by atoms with Gasteiger partial charge in [0.15, 0.2) is 5.76 Å². The highest BCUT2D eigenvalue weighted by atomic mass is 79.9. The molecule has 3 nitrogen and oxygen atoms in total. The second-order valence-corrected chi connectivity index (χ2v) is 4.56. The van der Waals surface area contributed by atoms with E-state index in [1.807, 2.05) is 0 Å². The van der Waals surface area contributed by atoms with E-state index in [9.17, 15) is 4.79 Å². The van der Waals surface area contributed by atoms with E-state index in [0.717, 1.165) is 18.2 Å². The van der Waals surface area contributed by atoms with Gasteiger partial charge in [-0.2, -0.15) is 0 Å². The molecule has 0 radical (unpaired) electrons. The van der Waals surface area contributed by atoms with E-state index in [2.05, 4.69) is 35.1 Å². The Morgan fingerprint density at radius 1 is 1.50 bits per heavy atom. The fraction of sp³-hybridized carbons (Fsp3) is 0.583. The van der Waals surface area contributed by atoms with Gasteiger partial charge in [0, 0.05) is 11.9 Å². The summed E-state index contributed by atoms with van der Waals surface area (Å²) in [4.78, 5) is 11.7. The molecular formula is C12H18BrNO2. The van der Waals surface area contributed by atoms with Gasteiger partial charge in [0.2, 0.25) is 0 Å². The van der Waals surface area contributed by atoms with Crippen LogP contribution < -0.4 is 5.32 Å². The van der Waals surface area contributed by atoms with Crippen molar-refractivity contribution in [2.45, 2.75) is 26.7 Å². The molecule has 0 atom stereocenters.